The summed E-state index contributed by atoms with van der Waals surface area (Å²) in [5, 5.41) is 12.4. The summed E-state index contributed by atoms with van der Waals surface area (Å²) >= 11 is 6.06. The second-order valence-electron chi connectivity index (χ2n) is 4.55. The van der Waals surface area contributed by atoms with Gasteiger partial charge in [0.15, 0.2) is 11.5 Å². The van der Waals surface area contributed by atoms with Gasteiger partial charge in [-0.2, -0.15) is 0 Å². The third-order valence-corrected chi connectivity index (χ3v) is 2.96. The molecule has 4 nitrogen and oxygen atoms in total. The lowest BCUT2D eigenvalue weighted by Crippen LogP contribution is -2.08. The van der Waals surface area contributed by atoms with E-state index < -0.39 is 11.6 Å². The first kappa shape index (κ1) is 13.5. The average molecular weight is 284 g/mol. The van der Waals surface area contributed by atoms with Crippen molar-refractivity contribution in [2.24, 2.45) is 0 Å². The summed E-state index contributed by atoms with van der Waals surface area (Å²) in [6, 6.07) is 5.90. The van der Waals surface area contributed by atoms with Gasteiger partial charge in [0.1, 0.15) is 5.67 Å². The van der Waals surface area contributed by atoms with E-state index >= 15 is 0 Å². The third kappa shape index (κ3) is 2.76. The molecule has 0 bridgehead atoms. The molecule has 2 rings (SSSR count). The summed E-state index contributed by atoms with van der Waals surface area (Å²) < 4.78 is 18.7. The van der Waals surface area contributed by atoms with E-state index in [1.165, 1.54) is 26.0 Å². The van der Waals surface area contributed by atoms with Crippen LogP contribution in [0, 0.1) is 0 Å². The Hall–Kier alpha value is -1.88. The number of carboxylic acid groups (broad SMARTS) is 1. The van der Waals surface area contributed by atoms with Gasteiger partial charge in [0.25, 0.3) is 0 Å². The molecular formula is C13H11ClFNO3. The standard InChI is InChI=1S/C13H11ClFNO3/c1-13(2,15)7-3-4-8(9(14)5-7)11-6-10(12(17)18)16-19-11/h3-6H,1-2H3,(H,17,18). The van der Waals surface area contributed by atoms with Gasteiger partial charge in [-0.3, -0.25) is 0 Å². The number of alkyl halides is 1. The molecule has 1 N–H and O–H groups in total. The van der Waals surface area contributed by atoms with Crippen molar-refractivity contribution in [3.63, 3.8) is 0 Å². The van der Waals surface area contributed by atoms with Gasteiger partial charge >= 0.3 is 5.97 Å². The molecule has 0 aliphatic carbocycles. The van der Waals surface area contributed by atoms with Crippen LogP contribution in [-0.4, -0.2) is 16.2 Å². The highest BCUT2D eigenvalue weighted by atomic mass is 35.5. The van der Waals surface area contributed by atoms with Crippen molar-refractivity contribution >= 4 is 17.6 Å². The number of hydrogen-bond acceptors (Lipinski definition) is 3. The lowest BCUT2D eigenvalue weighted by Gasteiger charge is -2.15. The SMILES string of the molecule is CC(C)(F)c1ccc(-c2cc(C(=O)O)no2)c(Cl)c1. The van der Waals surface area contributed by atoms with Gasteiger partial charge in [0, 0.05) is 11.6 Å². The molecule has 1 aromatic carbocycles. The van der Waals surface area contributed by atoms with E-state index in [2.05, 4.69) is 5.16 Å². The van der Waals surface area contributed by atoms with Gasteiger partial charge in [-0.15, -0.1) is 0 Å². The van der Waals surface area contributed by atoms with Crippen LogP contribution >= 0.6 is 11.6 Å². The van der Waals surface area contributed by atoms with Crippen LogP contribution in [-0.2, 0) is 5.67 Å². The van der Waals surface area contributed by atoms with Gasteiger partial charge < -0.3 is 9.63 Å². The highest BCUT2D eigenvalue weighted by Crippen LogP contribution is 2.33. The lowest BCUT2D eigenvalue weighted by atomic mass is 9.98. The quantitative estimate of drug-likeness (QED) is 0.928. The van der Waals surface area contributed by atoms with E-state index in [1.807, 2.05) is 0 Å². The van der Waals surface area contributed by atoms with Crippen LogP contribution in [0.3, 0.4) is 0 Å². The summed E-state index contributed by atoms with van der Waals surface area (Å²) in [6.07, 6.45) is 0. The van der Waals surface area contributed by atoms with Crippen molar-refractivity contribution in [2.75, 3.05) is 0 Å². The maximum absolute atomic E-state index is 13.8. The zero-order valence-electron chi connectivity index (χ0n) is 10.3. The van der Waals surface area contributed by atoms with E-state index in [9.17, 15) is 9.18 Å². The van der Waals surface area contributed by atoms with Crippen molar-refractivity contribution in [1.29, 1.82) is 0 Å². The molecule has 100 valence electrons. The van der Waals surface area contributed by atoms with Gasteiger partial charge in [-0.25, -0.2) is 9.18 Å². The molecule has 0 unspecified atom stereocenters. The van der Waals surface area contributed by atoms with Gasteiger partial charge in [0.05, 0.1) is 5.02 Å². The predicted octanol–water partition coefficient (Wildman–Crippen LogP) is 3.90. The van der Waals surface area contributed by atoms with E-state index in [0.29, 0.717) is 11.1 Å². The number of hydrogen-bond donors (Lipinski definition) is 1. The minimum Gasteiger partial charge on any atom is -0.476 e. The van der Waals surface area contributed by atoms with Gasteiger partial charge in [-0.05, 0) is 31.5 Å². The van der Waals surface area contributed by atoms with Crippen LogP contribution in [0.5, 0.6) is 0 Å². The second-order valence-corrected chi connectivity index (χ2v) is 4.96. The zero-order valence-corrected chi connectivity index (χ0v) is 11.0. The fourth-order valence-electron chi connectivity index (χ4n) is 1.59. The lowest BCUT2D eigenvalue weighted by molar-refractivity contribution is 0.0686. The first-order valence-corrected chi connectivity index (χ1v) is 5.86. The zero-order chi connectivity index (χ0) is 14.2. The first-order chi connectivity index (χ1) is 8.79. The fraction of sp³-hybridized carbons (Fsp3) is 0.231. The Labute approximate surface area is 113 Å². The monoisotopic (exact) mass is 283 g/mol. The molecule has 0 saturated heterocycles. The Bertz CT molecular complexity index is 631. The average Bonchev–Trinajstić information content (AvgIpc) is 2.76. The highest BCUT2D eigenvalue weighted by Gasteiger charge is 2.21. The summed E-state index contributed by atoms with van der Waals surface area (Å²) in [5.74, 6) is -0.960. The molecule has 0 aliphatic heterocycles. The minimum absolute atomic E-state index is 0.207. The van der Waals surface area contributed by atoms with E-state index in [4.69, 9.17) is 21.2 Å². The van der Waals surface area contributed by atoms with Crippen molar-refractivity contribution in [3.05, 3.63) is 40.5 Å². The normalized spacial score (nSPS) is 11.6. The van der Waals surface area contributed by atoms with Crippen molar-refractivity contribution in [3.8, 4) is 11.3 Å². The van der Waals surface area contributed by atoms with Crippen LogP contribution in [0.4, 0.5) is 4.39 Å². The third-order valence-electron chi connectivity index (χ3n) is 2.65. The number of carboxylic acids is 1. The van der Waals surface area contributed by atoms with Crippen LogP contribution in [0.1, 0.15) is 29.9 Å². The maximum atomic E-state index is 13.8. The Morgan fingerprint density at radius 3 is 2.58 bits per heavy atom. The maximum Gasteiger partial charge on any atom is 0.358 e. The molecule has 0 atom stereocenters. The summed E-state index contributed by atoms with van der Waals surface area (Å²) in [6.45, 7) is 2.85. The van der Waals surface area contributed by atoms with E-state index in [-0.39, 0.29) is 16.5 Å². The number of aromatic carboxylic acids is 1. The molecular weight excluding hydrogens is 273 g/mol. The summed E-state index contributed by atoms with van der Waals surface area (Å²) in [4.78, 5) is 10.7. The number of nitrogens with zero attached hydrogens (tertiary/aromatic N) is 1. The molecule has 6 heteroatoms. The second kappa shape index (κ2) is 4.66. The number of carbonyl (C=O) groups is 1. The molecule has 0 radical (unpaired) electrons. The largest absolute Gasteiger partial charge is 0.476 e. The molecule has 0 fully saturated rings. The summed E-state index contributed by atoms with van der Waals surface area (Å²) in [7, 11) is 0. The number of benzene rings is 1. The predicted molar refractivity (Wildman–Crippen MR) is 68.0 cm³/mol. The molecule has 19 heavy (non-hydrogen) atoms. The Morgan fingerprint density at radius 1 is 1.42 bits per heavy atom. The van der Waals surface area contributed by atoms with Crippen LogP contribution in [0.25, 0.3) is 11.3 Å². The van der Waals surface area contributed by atoms with Crippen molar-refractivity contribution in [1.82, 2.24) is 5.16 Å². The Morgan fingerprint density at radius 2 is 2.11 bits per heavy atom. The Kier molecular flexibility index (Phi) is 3.32. The molecule has 0 spiro atoms. The number of halogens is 2. The summed E-state index contributed by atoms with van der Waals surface area (Å²) in [5.41, 5.74) is -0.814. The highest BCUT2D eigenvalue weighted by molar-refractivity contribution is 6.33. The van der Waals surface area contributed by atoms with Gasteiger partial charge in [0.2, 0.25) is 0 Å². The molecule has 1 heterocycles. The van der Waals surface area contributed by atoms with Crippen LogP contribution < -0.4 is 0 Å². The molecule has 0 saturated carbocycles. The van der Waals surface area contributed by atoms with Crippen molar-refractivity contribution < 1.29 is 18.8 Å². The number of rotatable bonds is 3. The van der Waals surface area contributed by atoms with Gasteiger partial charge in [-0.1, -0.05) is 22.8 Å². The smallest absolute Gasteiger partial charge is 0.358 e. The topological polar surface area (TPSA) is 63.3 Å². The first-order valence-electron chi connectivity index (χ1n) is 5.48. The van der Waals surface area contributed by atoms with Crippen LogP contribution in [0.2, 0.25) is 5.02 Å². The molecule has 2 aromatic rings. The minimum atomic E-state index is -1.50. The van der Waals surface area contributed by atoms with E-state index in [1.54, 1.807) is 12.1 Å². The van der Waals surface area contributed by atoms with Crippen molar-refractivity contribution in [2.45, 2.75) is 19.5 Å². The number of aromatic nitrogens is 1. The molecule has 1 aromatic heterocycles. The van der Waals surface area contributed by atoms with E-state index in [0.717, 1.165) is 0 Å². The fourth-order valence-corrected chi connectivity index (χ4v) is 1.86. The molecule has 0 amide bonds. The Balaban J connectivity index is 2.43. The molecule has 0 aliphatic rings. The van der Waals surface area contributed by atoms with Crippen LogP contribution in [0.15, 0.2) is 28.8 Å².